The van der Waals surface area contributed by atoms with Gasteiger partial charge in [0.1, 0.15) is 30.0 Å². The van der Waals surface area contributed by atoms with Crippen LogP contribution in [0.15, 0.2) is 11.3 Å². The molecule has 142 valence electrons. The van der Waals surface area contributed by atoms with Crippen molar-refractivity contribution in [2.45, 2.75) is 77.0 Å². The van der Waals surface area contributed by atoms with E-state index in [2.05, 4.69) is 6.92 Å². The second-order valence-corrected chi connectivity index (χ2v) is 9.15. The molecular weight excluding hydrogens is 336 g/mol. The molecule has 3 aliphatic heterocycles. The summed E-state index contributed by atoms with van der Waals surface area (Å²) in [6.07, 6.45) is 3.28. The first-order valence-electron chi connectivity index (χ1n) is 9.70. The lowest BCUT2D eigenvalue weighted by molar-refractivity contribution is -0.214. The summed E-state index contributed by atoms with van der Waals surface area (Å²) in [5.74, 6) is -1.10. The highest BCUT2D eigenvalue weighted by Crippen LogP contribution is 2.64. The normalized spacial score (nSPS) is 48.9. The highest BCUT2D eigenvalue weighted by molar-refractivity contribution is 6.21. The molecule has 6 atom stereocenters. The Morgan fingerprint density at radius 1 is 1.12 bits per heavy atom. The van der Waals surface area contributed by atoms with Crippen molar-refractivity contribution >= 4 is 11.8 Å². The van der Waals surface area contributed by atoms with Crippen LogP contribution in [0.4, 0.5) is 0 Å². The molecule has 0 radical (unpaired) electrons. The standard InChI is InChI=1S/C20H26O6/c1-10-14-16-20(26-18(2,3)25-16)8-6-5-7-12(20)19(10,4)15(21)13-11(24-14)9-23-17(13)22/h10,12,14,16H,5-9H2,1-4H3/t10-,12+,14+,16-,19-,20+/m1/s1. The third-order valence-electron chi connectivity index (χ3n) is 7.50. The first kappa shape index (κ1) is 16.8. The number of hydrogen-bond donors (Lipinski definition) is 0. The second kappa shape index (κ2) is 4.90. The van der Waals surface area contributed by atoms with Gasteiger partial charge in [-0.2, -0.15) is 0 Å². The Kier molecular flexibility index (Phi) is 3.16. The zero-order valence-electron chi connectivity index (χ0n) is 15.8. The zero-order valence-corrected chi connectivity index (χ0v) is 15.8. The number of esters is 1. The predicted molar refractivity (Wildman–Crippen MR) is 89.9 cm³/mol. The third-order valence-corrected chi connectivity index (χ3v) is 7.50. The summed E-state index contributed by atoms with van der Waals surface area (Å²) in [5, 5.41) is 0. The lowest BCUT2D eigenvalue weighted by Crippen LogP contribution is -2.68. The second-order valence-electron chi connectivity index (χ2n) is 9.15. The van der Waals surface area contributed by atoms with Crippen LogP contribution >= 0.6 is 0 Å². The number of ketones is 1. The average Bonchev–Trinajstić information content (AvgIpc) is 3.05. The van der Waals surface area contributed by atoms with Gasteiger partial charge in [0.25, 0.3) is 0 Å². The number of hydrogen-bond acceptors (Lipinski definition) is 6. The molecule has 2 bridgehead atoms. The zero-order chi connectivity index (χ0) is 18.5. The summed E-state index contributed by atoms with van der Waals surface area (Å²) < 4.78 is 24.3. The Balaban J connectivity index is 1.73. The number of Topliss-reactive ketones (excluding diaryl/α,β-unsaturated/α-hetero) is 1. The van der Waals surface area contributed by atoms with Gasteiger partial charge in [-0.1, -0.05) is 26.7 Å². The molecule has 1 spiro atoms. The van der Waals surface area contributed by atoms with Crippen LogP contribution in [-0.4, -0.2) is 42.0 Å². The first-order valence-corrected chi connectivity index (χ1v) is 9.70. The fourth-order valence-corrected chi connectivity index (χ4v) is 6.31. The molecule has 2 aliphatic carbocycles. The predicted octanol–water partition coefficient (Wildman–Crippen LogP) is 2.50. The lowest BCUT2D eigenvalue weighted by atomic mass is 9.48. The van der Waals surface area contributed by atoms with Crippen molar-refractivity contribution in [1.82, 2.24) is 0 Å². The Hall–Kier alpha value is -1.40. The summed E-state index contributed by atoms with van der Waals surface area (Å²) in [6.45, 7) is 7.97. The number of fused-ring (bicyclic) bond motifs is 4. The third kappa shape index (κ3) is 1.80. The summed E-state index contributed by atoms with van der Waals surface area (Å²) >= 11 is 0. The van der Waals surface area contributed by atoms with Crippen LogP contribution in [0.2, 0.25) is 0 Å². The maximum atomic E-state index is 13.6. The number of rotatable bonds is 0. The Morgan fingerprint density at radius 3 is 2.65 bits per heavy atom. The van der Waals surface area contributed by atoms with Gasteiger partial charge in [-0.25, -0.2) is 4.79 Å². The van der Waals surface area contributed by atoms with Crippen LogP contribution in [0.3, 0.4) is 0 Å². The van der Waals surface area contributed by atoms with E-state index in [9.17, 15) is 9.59 Å². The van der Waals surface area contributed by atoms with Gasteiger partial charge < -0.3 is 18.9 Å². The molecule has 2 saturated carbocycles. The molecule has 6 nitrogen and oxygen atoms in total. The van der Waals surface area contributed by atoms with Gasteiger partial charge in [0.2, 0.25) is 0 Å². The van der Waals surface area contributed by atoms with Crippen molar-refractivity contribution in [3.05, 3.63) is 11.3 Å². The van der Waals surface area contributed by atoms with Crippen molar-refractivity contribution in [1.29, 1.82) is 0 Å². The lowest BCUT2D eigenvalue weighted by Gasteiger charge is -2.58. The van der Waals surface area contributed by atoms with Crippen molar-refractivity contribution in [2.75, 3.05) is 6.61 Å². The van der Waals surface area contributed by atoms with Gasteiger partial charge in [0, 0.05) is 17.3 Å². The van der Waals surface area contributed by atoms with Crippen molar-refractivity contribution in [3.63, 3.8) is 0 Å². The van der Waals surface area contributed by atoms with Crippen LogP contribution in [0.1, 0.15) is 53.4 Å². The molecule has 3 fully saturated rings. The molecule has 0 amide bonds. The molecule has 6 heteroatoms. The van der Waals surface area contributed by atoms with E-state index in [0.717, 1.165) is 25.7 Å². The quantitative estimate of drug-likeness (QED) is 0.487. The van der Waals surface area contributed by atoms with Crippen LogP contribution < -0.4 is 0 Å². The van der Waals surface area contributed by atoms with Gasteiger partial charge in [0.15, 0.2) is 17.3 Å². The smallest absolute Gasteiger partial charge is 0.345 e. The highest BCUT2D eigenvalue weighted by atomic mass is 16.8. The minimum atomic E-state index is -0.730. The van der Waals surface area contributed by atoms with Gasteiger partial charge in [-0.3, -0.25) is 4.79 Å². The molecule has 0 aromatic carbocycles. The summed E-state index contributed by atoms with van der Waals surface area (Å²) in [4.78, 5) is 25.9. The van der Waals surface area contributed by atoms with E-state index in [1.807, 2.05) is 20.8 Å². The minimum absolute atomic E-state index is 0.00174. The van der Waals surface area contributed by atoms with Crippen LogP contribution in [-0.2, 0) is 28.5 Å². The molecule has 0 aromatic heterocycles. The molecule has 26 heavy (non-hydrogen) atoms. The number of carbonyl (C=O) groups excluding carboxylic acids is 2. The Labute approximate surface area is 153 Å². The highest BCUT2D eigenvalue weighted by Gasteiger charge is 2.73. The van der Waals surface area contributed by atoms with Gasteiger partial charge >= 0.3 is 5.97 Å². The first-order chi connectivity index (χ1) is 12.2. The van der Waals surface area contributed by atoms with Crippen molar-refractivity contribution in [2.24, 2.45) is 17.3 Å². The van der Waals surface area contributed by atoms with E-state index >= 15 is 0 Å². The van der Waals surface area contributed by atoms with Crippen LogP contribution in [0.25, 0.3) is 0 Å². The van der Waals surface area contributed by atoms with E-state index in [4.69, 9.17) is 18.9 Å². The largest absolute Gasteiger partial charge is 0.487 e. The summed E-state index contributed by atoms with van der Waals surface area (Å²) in [6, 6.07) is 0. The van der Waals surface area contributed by atoms with E-state index in [-0.39, 0.29) is 42.0 Å². The van der Waals surface area contributed by atoms with Gasteiger partial charge in [0.05, 0.1) is 0 Å². The van der Waals surface area contributed by atoms with E-state index in [1.165, 1.54) is 0 Å². The fraction of sp³-hybridized carbons (Fsp3) is 0.800. The molecule has 0 aromatic rings. The maximum absolute atomic E-state index is 13.6. The number of cyclic esters (lactones) is 1. The molecule has 0 unspecified atom stereocenters. The molecule has 1 saturated heterocycles. The molecule has 5 rings (SSSR count). The molecule has 5 aliphatic rings. The molecule has 3 heterocycles. The van der Waals surface area contributed by atoms with Crippen LogP contribution in [0, 0.1) is 17.3 Å². The molecule has 0 N–H and O–H groups in total. The van der Waals surface area contributed by atoms with E-state index in [0.29, 0.717) is 5.76 Å². The van der Waals surface area contributed by atoms with E-state index in [1.54, 1.807) is 0 Å². The Bertz CT molecular complexity index is 739. The van der Waals surface area contributed by atoms with Crippen molar-refractivity contribution < 1.29 is 28.5 Å². The summed E-state index contributed by atoms with van der Waals surface area (Å²) in [7, 11) is 0. The Morgan fingerprint density at radius 2 is 1.88 bits per heavy atom. The SMILES string of the molecule is C[C@@H]1[C@@H]2OC3=C(C(=O)OC3)C(=O)[C@@]1(C)[C@@H]1CCCC[C@]13OC(C)(C)O[C@H]23. The minimum Gasteiger partial charge on any atom is -0.487 e. The van der Waals surface area contributed by atoms with Gasteiger partial charge in [-0.05, 0) is 26.7 Å². The number of ether oxygens (including phenoxy) is 4. The number of carbonyl (C=O) groups is 2. The van der Waals surface area contributed by atoms with Gasteiger partial charge in [-0.15, -0.1) is 0 Å². The van der Waals surface area contributed by atoms with Crippen molar-refractivity contribution in [3.8, 4) is 0 Å². The van der Waals surface area contributed by atoms with E-state index < -0.39 is 22.8 Å². The topological polar surface area (TPSA) is 71.1 Å². The fourth-order valence-electron chi connectivity index (χ4n) is 6.31. The maximum Gasteiger partial charge on any atom is 0.345 e. The molecular formula is C20H26O6. The van der Waals surface area contributed by atoms with Crippen LogP contribution in [0.5, 0.6) is 0 Å². The monoisotopic (exact) mass is 362 g/mol. The summed E-state index contributed by atoms with van der Waals surface area (Å²) in [5.41, 5.74) is -1.15. The average molecular weight is 362 g/mol.